The molecule has 0 radical (unpaired) electrons. The SMILES string of the molecule is Cc1ccc2c3c(oc2c1)CC=CC=C3C#N. The first-order chi connectivity index (χ1) is 8.29. The summed E-state index contributed by atoms with van der Waals surface area (Å²) in [7, 11) is 0. The Morgan fingerprint density at radius 2 is 2.24 bits per heavy atom. The number of fused-ring (bicyclic) bond motifs is 3. The van der Waals surface area contributed by atoms with E-state index in [-0.39, 0.29) is 0 Å². The van der Waals surface area contributed by atoms with Gasteiger partial charge in [-0.15, -0.1) is 0 Å². The number of hydrogen-bond donors (Lipinski definition) is 0. The van der Waals surface area contributed by atoms with Crippen molar-refractivity contribution < 1.29 is 4.42 Å². The molecular formula is C15H11NO. The van der Waals surface area contributed by atoms with E-state index in [1.165, 1.54) is 5.56 Å². The van der Waals surface area contributed by atoms with Crippen molar-refractivity contribution in [1.82, 2.24) is 0 Å². The summed E-state index contributed by atoms with van der Waals surface area (Å²) in [5.41, 5.74) is 3.66. The van der Waals surface area contributed by atoms with Gasteiger partial charge < -0.3 is 4.42 Å². The van der Waals surface area contributed by atoms with E-state index >= 15 is 0 Å². The zero-order valence-corrected chi connectivity index (χ0v) is 9.53. The number of rotatable bonds is 0. The zero-order chi connectivity index (χ0) is 11.8. The summed E-state index contributed by atoms with van der Waals surface area (Å²) in [6.07, 6.45) is 6.51. The van der Waals surface area contributed by atoms with Crippen LogP contribution in [-0.4, -0.2) is 0 Å². The van der Waals surface area contributed by atoms with Gasteiger partial charge in [-0.25, -0.2) is 0 Å². The molecule has 1 aromatic heterocycles. The summed E-state index contributed by atoms with van der Waals surface area (Å²) < 4.78 is 5.84. The van der Waals surface area contributed by atoms with Gasteiger partial charge in [0.1, 0.15) is 11.3 Å². The summed E-state index contributed by atoms with van der Waals surface area (Å²) in [6.45, 7) is 2.04. The molecular weight excluding hydrogens is 210 g/mol. The van der Waals surface area contributed by atoms with Crippen LogP contribution in [0.3, 0.4) is 0 Å². The van der Waals surface area contributed by atoms with Crippen molar-refractivity contribution in [2.24, 2.45) is 0 Å². The van der Waals surface area contributed by atoms with Crippen molar-refractivity contribution in [3.05, 3.63) is 53.3 Å². The number of allylic oxidation sites excluding steroid dienone is 4. The van der Waals surface area contributed by atoms with Crippen molar-refractivity contribution >= 4 is 16.5 Å². The molecule has 0 bridgehead atoms. The molecule has 82 valence electrons. The second-order valence-electron chi connectivity index (χ2n) is 4.22. The van der Waals surface area contributed by atoms with E-state index in [2.05, 4.69) is 6.07 Å². The molecule has 1 aliphatic rings. The fraction of sp³-hybridized carbons (Fsp3) is 0.133. The minimum absolute atomic E-state index is 0.677. The molecule has 0 atom stereocenters. The second-order valence-corrected chi connectivity index (χ2v) is 4.22. The number of aryl methyl sites for hydroxylation is 1. The van der Waals surface area contributed by atoms with E-state index in [4.69, 9.17) is 4.42 Å². The van der Waals surface area contributed by atoms with Gasteiger partial charge in [-0.1, -0.05) is 24.3 Å². The minimum Gasteiger partial charge on any atom is -0.460 e. The Kier molecular flexibility index (Phi) is 2.12. The molecule has 17 heavy (non-hydrogen) atoms. The summed E-state index contributed by atoms with van der Waals surface area (Å²) in [5, 5.41) is 10.2. The molecule has 1 heterocycles. The first-order valence-electron chi connectivity index (χ1n) is 5.59. The van der Waals surface area contributed by atoms with Crippen LogP contribution in [0.15, 0.2) is 40.8 Å². The van der Waals surface area contributed by atoms with Crippen molar-refractivity contribution in [2.75, 3.05) is 0 Å². The Labute approximate surface area is 99.5 Å². The average Bonchev–Trinajstić information content (AvgIpc) is 2.54. The number of nitrogens with zero attached hydrogens (tertiary/aromatic N) is 1. The predicted octanol–water partition coefficient (Wildman–Crippen LogP) is 3.76. The van der Waals surface area contributed by atoms with Crippen molar-refractivity contribution in [3.63, 3.8) is 0 Å². The van der Waals surface area contributed by atoms with Crippen LogP contribution in [0, 0.1) is 18.3 Å². The summed E-state index contributed by atoms with van der Waals surface area (Å²) >= 11 is 0. The monoisotopic (exact) mass is 221 g/mol. The van der Waals surface area contributed by atoms with Gasteiger partial charge in [-0.05, 0) is 24.6 Å². The van der Waals surface area contributed by atoms with Crippen LogP contribution in [-0.2, 0) is 6.42 Å². The highest BCUT2D eigenvalue weighted by atomic mass is 16.3. The largest absolute Gasteiger partial charge is 0.460 e. The van der Waals surface area contributed by atoms with E-state index in [1.807, 2.05) is 43.4 Å². The summed E-state index contributed by atoms with van der Waals surface area (Å²) in [4.78, 5) is 0. The highest BCUT2D eigenvalue weighted by Crippen LogP contribution is 2.33. The molecule has 0 saturated carbocycles. The Hall–Kier alpha value is -2.27. The van der Waals surface area contributed by atoms with Crippen LogP contribution in [0.25, 0.3) is 16.5 Å². The van der Waals surface area contributed by atoms with E-state index in [1.54, 1.807) is 0 Å². The van der Waals surface area contributed by atoms with E-state index in [9.17, 15) is 5.26 Å². The van der Waals surface area contributed by atoms with Gasteiger partial charge in [0.05, 0.1) is 11.6 Å². The van der Waals surface area contributed by atoms with Crippen molar-refractivity contribution in [2.45, 2.75) is 13.3 Å². The fourth-order valence-corrected chi connectivity index (χ4v) is 2.21. The standard InChI is InChI=1S/C15H11NO/c1-10-6-7-12-14(8-10)17-13-5-3-2-4-11(9-16)15(12)13/h2-4,6-8H,5H2,1H3. The van der Waals surface area contributed by atoms with Gasteiger partial charge in [0.25, 0.3) is 0 Å². The molecule has 0 spiro atoms. The lowest BCUT2D eigenvalue weighted by Gasteiger charge is -1.96. The number of furan rings is 1. The molecule has 2 aromatic rings. The third-order valence-electron chi connectivity index (χ3n) is 3.01. The Balaban J connectivity index is 2.38. The van der Waals surface area contributed by atoms with Crippen molar-refractivity contribution in [1.29, 1.82) is 5.26 Å². The normalized spacial score (nSPS) is 14.0. The summed E-state index contributed by atoms with van der Waals surface area (Å²) in [5.74, 6) is 0.882. The van der Waals surface area contributed by atoms with Gasteiger partial charge in [-0.2, -0.15) is 5.26 Å². The average molecular weight is 221 g/mol. The van der Waals surface area contributed by atoms with E-state index in [0.29, 0.717) is 5.57 Å². The van der Waals surface area contributed by atoms with Crippen LogP contribution in [0.5, 0.6) is 0 Å². The molecule has 0 fully saturated rings. The molecule has 0 amide bonds. The fourth-order valence-electron chi connectivity index (χ4n) is 2.21. The third kappa shape index (κ3) is 1.48. The lowest BCUT2D eigenvalue weighted by atomic mass is 10.0. The van der Waals surface area contributed by atoms with Gasteiger partial charge >= 0.3 is 0 Å². The van der Waals surface area contributed by atoms with Crippen LogP contribution in [0.2, 0.25) is 0 Å². The molecule has 1 aliphatic carbocycles. The second kappa shape index (κ2) is 3.64. The number of hydrogen-bond acceptors (Lipinski definition) is 2. The lowest BCUT2D eigenvalue weighted by molar-refractivity contribution is 0.564. The maximum absolute atomic E-state index is 9.20. The smallest absolute Gasteiger partial charge is 0.135 e. The Morgan fingerprint density at radius 1 is 1.35 bits per heavy atom. The highest BCUT2D eigenvalue weighted by Gasteiger charge is 2.17. The van der Waals surface area contributed by atoms with E-state index in [0.717, 1.165) is 28.7 Å². The molecule has 3 rings (SSSR count). The topological polar surface area (TPSA) is 36.9 Å². The molecule has 0 N–H and O–H groups in total. The van der Waals surface area contributed by atoms with Crippen LogP contribution in [0.1, 0.15) is 16.9 Å². The predicted molar refractivity (Wildman–Crippen MR) is 67.4 cm³/mol. The van der Waals surface area contributed by atoms with Crippen LogP contribution in [0.4, 0.5) is 0 Å². The zero-order valence-electron chi connectivity index (χ0n) is 9.53. The first kappa shape index (κ1) is 9.92. The maximum Gasteiger partial charge on any atom is 0.135 e. The van der Waals surface area contributed by atoms with Gasteiger partial charge in [0, 0.05) is 17.4 Å². The quantitative estimate of drug-likeness (QED) is 0.679. The summed E-state index contributed by atoms with van der Waals surface area (Å²) in [6, 6.07) is 8.34. The number of benzene rings is 1. The van der Waals surface area contributed by atoms with E-state index < -0.39 is 0 Å². The van der Waals surface area contributed by atoms with Crippen molar-refractivity contribution in [3.8, 4) is 6.07 Å². The minimum atomic E-state index is 0.677. The number of nitriles is 1. The molecule has 1 aromatic carbocycles. The highest BCUT2D eigenvalue weighted by molar-refractivity contribution is 5.97. The maximum atomic E-state index is 9.20. The molecule has 0 unspecified atom stereocenters. The molecule has 2 heteroatoms. The lowest BCUT2D eigenvalue weighted by Crippen LogP contribution is -1.84. The first-order valence-corrected chi connectivity index (χ1v) is 5.59. The third-order valence-corrected chi connectivity index (χ3v) is 3.01. The van der Waals surface area contributed by atoms with Gasteiger partial charge in [0.15, 0.2) is 0 Å². The Morgan fingerprint density at radius 3 is 3.06 bits per heavy atom. The Bertz CT molecular complexity index is 696. The van der Waals surface area contributed by atoms with Gasteiger partial charge in [-0.3, -0.25) is 0 Å². The van der Waals surface area contributed by atoms with Crippen LogP contribution >= 0.6 is 0 Å². The molecule has 0 saturated heterocycles. The molecule has 0 aliphatic heterocycles. The van der Waals surface area contributed by atoms with Gasteiger partial charge in [0.2, 0.25) is 0 Å². The molecule has 2 nitrogen and oxygen atoms in total. The van der Waals surface area contributed by atoms with Crippen LogP contribution < -0.4 is 0 Å².